The van der Waals surface area contributed by atoms with E-state index in [1.165, 1.54) is 0 Å². The Hall–Kier alpha value is -3.60. The second kappa shape index (κ2) is 9.55. The number of nitrogens with one attached hydrogen (secondary N) is 2. The van der Waals surface area contributed by atoms with E-state index in [-0.39, 0.29) is 5.91 Å². The molecule has 3 aromatic rings. The third-order valence-corrected chi connectivity index (χ3v) is 4.51. The number of para-hydroxylation sites is 1. The molecule has 0 radical (unpaired) electrons. The van der Waals surface area contributed by atoms with E-state index in [2.05, 4.69) is 10.6 Å². The number of carbonyl (C=O) groups excluding carboxylic acids is 2. The molecule has 0 bridgehead atoms. The molecule has 0 fully saturated rings. The summed E-state index contributed by atoms with van der Waals surface area (Å²) in [5.74, 6) is -0.178. The summed E-state index contributed by atoms with van der Waals surface area (Å²) in [4.78, 5) is 27.2. The van der Waals surface area contributed by atoms with E-state index in [1.807, 2.05) is 79.7 Å². The number of amides is 3. The molecule has 0 unspecified atom stereocenters. The SMILES string of the molecule is Cc1cccc(N(Cc2ccccc2)C(=O)[C@@H](C)NC(=O)Nc2ccccc2)c1. The smallest absolute Gasteiger partial charge is 0.319 e. The predicted molar refractivity (Wildman–Crippen MR) is 117 cm³/mol. The average Bonchev–Trinajstić information content (AvgIpc) is 2.73. The van der Waals surface area contributed by atoms with Gasteiger partial charge in [-0.2, -0.15) is 0 Å². The van der Waals surface area contributed by atoms with Crippen LogP contribution in [0.25, 0.3) is 0 Å². The molecule has 29 heavy (non-hydrogen) atoms. The van der Waals surface area contributed by atoms with Gasteiger partial charge in [0.25, 0.3) is 0 Å². The van der Waals surface area contributed by atoms with Gasteiger partial charge in [0.15, 0.2) is 0 Å². The van der Waals surface area contributed by atoms with Crippen LogP contribution in [0, 0.1) is 6.92 Å². The fraction of sp³-hybridized carbons (Fsp3) is 0.167. The lowest BCUT2D eigenvalue weighted by atomic mass is 10.1. The van der Waals surface area contributed by atoms with Gasteiger partial charge in [-0.1, -0.05) is 60.7 Å². The van der Waals surface area contributed by atoms with Crippen LogP contribution in [0.2, 0.25) is 0 Å². The Morgan fingerprint density at radius 3 is 2.21 bits per heavy atom. The second-order valence-electron chi connectivity index (χ2n) is 6.94. The summed E-state index contributed by atoms with van der Waals surface area (Å²) in [6.45, 7) is 4.11. The van der Waals surface area contributed by atoms with Gasteiger partial charge in [-0.05, 0) is 49.2 Å². The van der Waals surface area contributed by atoms with Gasteiger partial charge in [0.2, 0.25) is 5.91 Å². The van der Waals surface area contributed by atoms with Gasteiger partial charge < -0.3 is 15.5 Å². The Balaban J connectivity index is 1.75. The second-order valence-corrected chi connectivity index (χ2v) is 6.94. The number of nitrogens with zero attached hydrogens (tertiary/aromatic N) is 1. The molecule has 0 spiro atoms. The van der Waals surface area contributed by atoms with Gasteiger partial charge >= 0.3 is 6.03 Å². The third-order valence-electron chi connectivity index (χ3n) is 4.51. The first-order valence-corrected chi connectivity index (χ1v) is 9.57. The highest BCUT2D eigenvalue weighted by atomic mass is 16.2. The molecule has 0 aliphatic carbocycles. The Morgan fingerprint density at radius 1 is 0.897 bits per heavy atom. The Labute approximate surface area is 171 Å². The van der Waals surface area contributed by atoms with Gasteiger partial charge in [-0.15, -0.1) is 0 Å². The highest BCUT2D eigenvalue weighted by Gasteiger charge is 2.24. The zero-order valence-electron chi connectivity index (χ0n) is 16.6. The monoisotopic (exact) mass is 387 g/mol. The van der Waals surface area contributed by atoms with Crippen molar-refractivity contribution in [3.8, 4) is 0 Å². The van der Waals surface area contributed by atoms with Crippen molar-refractivity contribution in [1.82, 2.24) is 5.32 Å². The number of hydrogen-bond acceptors (Lipinski definition) is 2. The lowest BCUT2D eigenvalue weighted by Gasteiger charge is -2.27. The van der Waals surface area contributed by atoms with E-state index in [4.69, 9.17) is 0 Å². The maximum absolute atomic E-state index is 13.2. The summed E-state index contributed by atoms with van der Waals surface area (Å²) < 4.78 is 0. The number of benzene rings is 3. The molecule has 1 atom stereocenters. The van der Waals surface area contributed by atoms with Crippen LogP contribution in [0.5, 0.6) is 0 Å². The van der Waals surface area contributed by atoms with Crippen LogP contribution in [0.1, 0.15) is 18.1 Å². The Kier molecular flexibility index (Phi) is 6.63. The molecule has 0 aliphatic heterocycles. The molecule has 3 rings (SSSR count). The van der Waals surface area contributed by atoms with Crippen molar-refractivity contribution in [1.29, 1.82) is 0 Å². The van der Waals surface area contributed by atoms with Crippen LogP contribution in [0.3, 0.4) is 0 Å². The molecule has 5 heteroatoms. The van der Waals surface area contributed by atoms with Crippen LogP contribution in [0.4, 0.5) is 16.2 Å². The van der Waals surface area contributed by atoms with E-state index in [0.717, 1.165) is 16.8 Å². The highest BCUT2D eigenvalue weighted by molar-refractivity contribution is 6.00. The minimum Gasteiger partial charge on any atom is -0.326 e. The third kappa shape index (κ3) is 5.69. The first-order chi connectivity index (χ1) is 14.0. The number of hydrogen-bond donors (Lipinski definition) is 2. The summed E-state index contributed by atoms with van der Waals surface area (Å²) in [6.07, 6.45) is 0. The predicted octanol–water partition coefficient (Wildman–Crippen LogP) is 4.74. The van der Waals surface area contributed by atoms with Gasteiger partial charge in [0.1, 0.15) is 6.04 Å². The van der Waals surface area contributed by atoms with Crippen molar-refractivity contribution in [2.75, 3.05) is 10.2 Å². The average molecular weight is 387 g/mol. The van der Waals surface area contributed by atoms with Gasteiger partial charge in [-0.25, -0.2) is 4.79 Å². The fourth-order valence-electron chi connectivity index (χ4n) is 3.04. The Bertz CT molecular complexity index is 958. The summed E-state index contributed by atoms with van der Waals surface area (Å²) in [5, 5.41) is 5.48. The summed E-state index contributed by atoms with van der Waals surface area (Å²) in [6, 6.07) is 25.6. The van der Waals surface area contributed by atoms with Gasteiger partial charge in [0, 0.05) is 11.4 Å². The van der Waals surface area contributed by atoms with Crippen LogP contribution in [-0.2, 0) is 11.3 Å². The van der Waals surface area contributed by atoms with Crippen LogP contribution in [-0.4, -0.2) is 18.0 Å². The largest absolute Gasteiger partial charge is 0.326 e. The lowest BCUT2D eigenvalue weighted by Crippen LogP contribution is -2.48. The Morgan fingerprint density at radius 2 is 1.55 bits per heavy atom. The number of carbonyl (C=O) groups is 2. The van der Waals surface area contributed by atoms with Crippen LogP contribution in [0.15, 0.2) is 84.9 Å². The molecule has 0 aromatic heterocycles. The maximum atomic E-state index is 13.2. The van der Waals surface area contributed by atoms with Gasteiger partial charge in [-0.3, -0.25) is 4.79 Å². The minimum atomic E-state index is -0.692. The van der Waals surface area contributed by atoms with Crippen LogP contribution < -0.4 is 15.5 Å². The number of urea groups is 1. The zero-order valence-corrected chi connectivity index (χ0v) is 16.6. The summed E-state index contributed by atoms with van der Waals surface area (Å²) >= 11 is 0. The maximum Gasteiger partial charge on any atom is 0.319 e. The molecule has 0 saturated carbocycles. The molecule has 2 N–H and O–H groups in total. The standard InChI is InChI=1S/C24H25N3O2/c1-18-10-9-15-22(16-18)27(17-20-11-5-3-6-12-20)23(28)19(2)25-24(29)26-21-13-7-4-8-14-21/h3-16,19H,17H2,1-2H3,(H2,25,26,29)/t19-/m1/s1. The molecule has 3 amide bonds. The fourth-order valence-corrected chi connectivity index (χ4v) is 3.04. The molecular weight excluding hydrogens is 362 g/mol. The zero-order chi connectivity index (χ0) is 20.6. The summed E-state index contributed by atoms with van der Waals surface area (Å²) in [7, 11) is 0. The van der Waals surface area contributed by atoms with Crippen molar-refractivity contribution in [2.24, 2.45) is 0 Å². The van der Waals surface area contributed by atoms with E-state index in [9.17, 15) is 9.59 Å². The van der Waals surface area contributed by atoms with Crippen molar-refractivity contribution < 1.29 is 9.59 Å². The molecule has 5 nitrogen and oxygen atoms in total. The molecular formula is C24H25N3O2. The minimum absolute atomic E-state index is 0.178. The van der Waals surface area contributed by atoms with Crippen LogP contribution >= 0.6 is 0 Å². The first kappa shape index (κ1) is 20.1. The van der Waals surface area contributed by atoms with Crippen molar-refractivity contribution >= 4 is 23.3 Å². The quantitative estimate of drug-likeness (QED) is 0.642. The summed E-state index contributed by atoms with van der Waals surface area (Å²) in [5.41, 5.74) is 3.56. The lowest BCUT2D eigenvalue weighted by molar-refractivity contribution is -0.120. The molecule has 148 valence electrons. The van der Waals surface area contributed by atoms with E-state index in [1.54, 1.807) is 24.0 Å². The molecule has 0 aliphatic rings. The first-order valence-electron chi connectivity index (χ1n) is 9.57. The molecule has 0 heterocycles. The number of anilines is 2. The van der Waals surface area contributed by atoms with Crippen molar-refractivity contribution in [2.45, 2.75) is 26.4 Å². The number of rotatable bonds is 6. The number of aryl methyl sites for hydroxylation is 1. The van der Waals surface area contributed by atoms with E-state index in [0.29, 0.717) is 12.2 Å². The normalized spacial score (nSPS) is 11.4. The topological polar surface area (TPSA) is 61.4 Å². The van der Waals surface area contributed by atoms with E-state index >= 15 is 0 Å². The van der Waals surface area contributed by atoms with Gasteiger partial charge in [0.05, 0.1) is 6.54 Å². The van der Waals surface area contributed by atoms with E-state index < -0.39 is 12.1 Å². The molecule has 3 aromatic carbocycles. The van der Waals surface area contributed by atoms with Crippen molar-refractivity contribution in [3.05, 3.63) is 96.1 Å². The molecule has 0 saturated heterocycles. The van der Waals surface area contributed by atoms with Crippen molar-refractivity contribution in [3.63, 3.8) is 0 Å². The highest BCUT2D eigenvalue weighted by Crippen LogP contribution is 2.20.